The summed E-state index contributed by atoms with van der Waals surface area (Å²) in [5.74, 6) is -1.24. The van der Waals surface area contributed by atoms with Gasteiger partial charge in [0.05, 0.1) is 17.1 Å². The number of hydrogen-bond acceptors (Lipinski definition) is 5. The van der Waals surface area contributed by atoms with E-state index in [-0.39, 0.29) is 35.0 Å². The van der Waals surface area contributed by atoms with Crippen LogP contribution in [0.4, 0.5) is 0 Å². The van der Waals surface area contributed by atoms with Gasteiger partial charge in [-0.15, -0.1) is 0 Å². The summed E-state index contributed by atoms with van der Waals surface area (Å²) in [6.45, 7) is 6.08. The highest BCUT2D eigenvalue weighted by Gasteiger charge is 2.17. The minimum Gasteiger partial charge on any atom is -0.490 e. The lowest BCUT2D eigenvalue weighted by Crippen LogP contribution is -2.22. The molecule has 0 fully saturated rings. The minimum atomic E-state index is -3.96. The Hall–Kier alpha value is -1.64. The van der Waals surface area contributed by atoms with E-state index in [1.165, 1.54) is 12.1 Å². The van der Waals surface area contributed by atoms with Crippen LogP contribution >= 0.6 is 0 Å². The molecule has 118 valence electrons. The minimum absolute atomic E-state index is 0.0624. The van der Waals surface area contributed by atoms with Crippen LogP contribution in [0.3, 0.4) is 0 Å². The summed E-state index contributed by atoms with van der Waals surface area (Å²) in [5.41, 5.74) is -0.589. The molecule has 0 saturated heterocycles. The maximum atomic E-state index is 11.2. The van der Waals surface area contributed by atoms with Crippen LogP contribution in [0.1, 0.15) is 31.1 Å². The van der Waals surface area contributed by atoms with E-state index in [4.69, 9.17) is 19.7 Å². The van der Waals surface area contributed by atoms with Crippen molar-refractivity contribution in [1.29, 1.82) is 0 Å². The third-order valence-electron chi connectivity index (χ3n) is 2.39. The molecule has 21 heavy (non-hydrogen) atoms. The van der Waals surface area contributed by atoms with Gasteiger partial charge in [-0.1, -0.05) is 0 Å². The fraction of sp³-hybridized carbons (Fsp3) is 0.462. The SMILES string of the molecule is CC(C)(C)OCCOc1ccc(S(N)(=O)=O)cc1C(=O)O. The van der Waals surface area contributed by atoms with Gasteiger partial charge in [0.2, 0.25) is 10.0 Å². The number of benzene rings is 1. The van der Waals surface area contributed by atoms with Crippen molar-refractivity contribution in [2.45, 2.75) is 31.3 Å². The molecule has 0 unspecified atom stereocenters. The number of aromatic carboxylic acids is 1. The highest BCUT2D eigenvalue weighted by molar-refractivity contribution is 7.89. The highest BCUT2D eigenvalue weighted by Crippen LogP contribution is 2.22. The zero-order valence-corrected chi connectivity index (χ0v) is 12.9. The van der Waals surface area contributed by atoms with Crippen LogP contribution in [-0.4, -0.2) is 38.3 Å². The molecule has 0 heterocycles. The molecular formula is C13H19NO6S. The molecule has 7 nitrogen and oxygen atoms in total. The van der Waals surface area contributed by atoms with Crippen LogP contribution in [0, 0.1) is 0 Å². The summed E-state index contributed by atoms with van der Waals surface area (Å²) in [6, 6.07) is 3.43. The molecule has 0 aliphatic carbocycles. The summed E-state index contributed by atoms with van der Waals surface area (Å²) in [4.78, 5) is 10.9. The highest BCUT2D eigenvalue weighted by atomic mass is 32.2. The number of primary sulfonamides is 1. The Bertz CT molecular complexity index is 618. The van der Waals surface area contributed by atoms with Crippen LogP contribution in [0.25, 0.3) is 0 Å². The summed E-state index contributed by atoms with van der Waals surface area (Å²) >= 11 is 0. The van der Waals surface area contributed by atoms with Crippen molar-refractivity contribution in [3.05, 3.63) is 23.8 Å². The first-order chi connectivity index (χ1) is 9.50. The van der Waals surface area contributed by atoms with Crippen molar-refractivity contribution in [3.63, 3.8) is 0 Å². The first-order valence-corrected chi connectivity index (χ1v) is 7.72. The number of hydrogen-bond donors (Lipinski definition) is 2. The van der Waals surface area contributed by atoms with Gasteiger partial charge in [0.25, 0.3) is 0 Å². The number of carboxylic acid groups (broad SMARTS) is 1. The zero-order chi connectivity index (χ0) is 16.3. The van der Waals surface area contributed by atoms with Gasteiger partial charge in [-0.2, -0.15) is 0 Å². The van der Waals surface area contributed by atoms with Crippen LogP contribution in [0.2, 0.25) is 0 Å². The second kappa shape index (κ2) is 6.42. The Morgan fingerprint density at radius 2 is 1.90 bits per heavy atom. The lowest BCUT2D eigenvalue weighted by molar-refractivity contribution is -0.0164. The third kappa shape index (κ3) is 5.70. The zero-order valence-electron chi connectivity index (χ0n) is 12.1. The lowest BCUT2D eigenvalue weighted by Gasteiger charge is -2.19. The summed E-state index contributed by atoms with van der Waals surface area (Å²) in [6.07, 6.45) is 0. The molecule has 8 heteroatoms. The average molecular weight is 317 g/mol. The molecule has 1 rings (SSSR count). The molecule has 0 atom stereocenters. The summed E-state index contributed by atoms with van der Waals surface area (Å²) in [7, 11) is -3.96. The van der Waals surface area contributed by atoms with Crippen molar-refractivity contribution < 1.29 is 27.8 Å². The topological polar surface area (TPSA) is 116 Å². The molecule has 3 N–H and O–H groups in total. The molecule has 0 aliphatic rings. The van der Waals surface area contributed by atoms with Crippen LogP contribution in [0.15, 0.2) is 23.1 Å². The van der Waals surface area contributed by atoms with Gasteiger partial charge in [-0.3, -0.25) is 0 Å². The summed E-state index contributed by atoms with van der Waals surface area (Å²) in [5, 5.41) is 14.1. The van der Waals surface area contributed by atoms with E-state index in [9.17, 15) is 13.2 Å². The molecule has 0 aromatic heterocycles. The van der Waals surface area contributed by atoms with Gasteiger partial charge in [-0.05, 0) is 39.0 Å². The van der Waals surface area contributed by atoms with Gasteiger partial charge >= 0.3 is 5.97 Å². The predicted octanol–water partition coefficient (Wildman–Crippen LogP) is 1.23. The molecule has 1 aromatic rings. The van der Waals surface area contributed by atoms with Gasteiger partial charge in [-0.25, -0.2) is 18.4 Å². The Balaban J connectivity index is 2.86. The second-order valence-electron chi connectivity index (χ2n) is 5.32. The monoisotopic (exact) mass is 317 g/mol. The lowest BCUT2D eigenvalue weighted by atomic mass is 10.2. The van der Waals surface area contributed by atoms with Gasteiger partial charge < -0.3 is 14.6 Å². The predicted molar refractivity (Wildman–Crippen MR) is 76.0 cm³/mol. The second-order valence-corrected chi connectivity index (χ2v) is 6.88. The maximum absolute atomic E-state index is 11.2. The molecule has 0 radical (unpaired) electrons. The Morgan fingerprint density at radius 1 is 1.29 bits per heavy atom. The smallest absolute Gasteiger partial charge is 0.339 e. The Kier molecular flexibility index (Phi) is 5.32. The first-order valence-electron chi connectivity index (χ1n) is 6.17. The van der Waals surface area contributed by atoms with Crippen LogP contribution in [0.5, 0.6) is 5.75 Å². The third-order valence-corrected chi connectivity index (χ3v) is 3.30. The molecule has 0 amide bonds. The van der Waals surface area contributed by atoms with Crippen LogP contribution < -0.4 is 9.88 Å². The van der Waals surface area contributed by atoms with E-state index in [0.717, 1.165) is 6.07 Å². The van der Waals surface area contributed by atoms with E-state index >= 15 is 0 Å². The van der Waals surface area contributed by atoms with Gasteiger partial charge in [0, 0.05) is 0 Å². The number of sulfonamides is 1. The van der Waals surface area contributed by atoms with Crippen molar-refractivity contribution in [1.82, 2.24) is 0 Å². The normalized spacial score (nSPS) is 12.2. The fourth-order valence-corrected chi connectivity index (χ4v) is 2.02. The Morgan fingerprint density at radius 3 is 2.38 bits per heavy atom. The number of nitrogens with two attached hydrogens (primary N) is 1. The van der Waals surface area contributed by atoms with E-state index in [1.54, 1.807) is 0 Å². The van der Waals surface area contributed by atoms with E-state index in [0.29, 0.717) is 0 Å². The molecule has 0 bridgehead atoms. The van der Waals surface area contributed by atoms with E-state index in [1.807, 2.05) is 20.8 Å². The molecule has 1 aromatic carbocycles. The van der Waals surface area contributed by atoms with Crippen molar-refractivity contribution >= 4 is 16.0 Å². The van der Waals surface area contributed by atoms with Gasteiger partial charge in [0.15, 0.2) is 0 Å². The molecule has 0 saturated carbocycles. The van der Waals surface area contributed by atoms with Crippen molar-refractivity contribution in [3.8, 4) is 5.75 Å². The maximum Gasteiger partial charge on any atom is 0.339 e. The van der Waals surface area contributed by atoms with Crippen molar-refractivity contribution in [2.75, 3.05) is 13.2 Å². The number of carbonyl (C=O) groups is 1. The van der Waals surface area contributed by atoms with E-state index in [2.05, 4.69) is 0 Å². The quantitative estimate of drug-likeness (QED) is 0.762. The van der Waals surface area contributed by atoms with Crippen molar-refractivity contribution in [2.24, 2.45) is 5.14 Å². The largest absolute Gasteiger partial charge is 0.490 e. The standard InChI is InChI=1S/C13H19NO6S/c1-13(2,3)20-7-6-19-11-5-4-9(21(14,17)18)8-10(11)12(15)16/h4-5,8H,6-7H2,1-3H3,(H,15,16)(H2,14,17,18). The Labute approximate surface area is 123 Å². The van der Waals surface area contributed by atoms with Crippen LogP contribution in [-0.2, 0) is 14.8 Å². The molecule has 0 aliphatic heterocycles. The fourth-order valence-electron chi connectivity index (χ4n) is 1.48. The number of rotatable bonds is 6. The van der Waals surface area contributed by atoms with E-state index < -0.39 is 16.0 Å². The number of carboxylic acids is 1. The summed E-state index contributed by atoms with van der Waals surface area (Å²) < 4.78 is 33.2. The molecule has 0 spiro atoms. The van der Waals surface area contributed by atoms with Gasteiger partial charge in [0.1, 0.15) is 17.9 Å². The first kappa shape index (κ1) is 17.4. The average Bonchev–Trinajstić information content (AvgIpc) is 2.32. The molecular weight excluding hydrogens is 298 g/mol. The number of ether oxygens (including phenoxy) is 2.